The molecule has 2 bridgehead atoms. The highest BCUT2D eigenvalue weighted by atomic mass is 16.6. The van der Waals surface area contributed by atoms with Gasteiger partial charge in [0.05, 0.1) is 12.2 Å². The summed E-state index contributed by atoms with van der Waals surface area (Å²) in [4.78, 5) is 12.5. The average molecular weight is 485 g/mol. The van der Waals surface area contributed by atoms with Gasteiger partial charge in [0, 0.05) is 0 Å². The number of esters is 1. The summed E-state index contributed by atoms with van der Waals surface area (Å²) in [6, 6.07) is 6.17. The van der Waals surface area contributed by atoms with Gasteiger partial charge in [-0.05, 0) is 111 Å². The highest BCUT2D eigenvalue weighted by Gasteiger charge is 2.45. The SMILES string of the molecule is CCCCC[C@H](O)CC[C@@H]1[C@H]2Cc3cccc(OCC(=O)O[C@@H]4C[C@@H]5CC[C@H]4C5)c3C[C@H]2C[C@H]1O. The van der Waals surface area contributed by atoms with Crippen LogP contribution in [0.15, 0.2) is 18.2 Å². The first kappa shape index (κ1) is 25.1. The summed E-state index contributed by atoms with van der Waals surface area (Å²) in [5.41, 5.74) is 2.49. The van der Waals surface area contributed by atoms with E-state index in [2.05, 4.69) is 13.0 Å². The predicted octanol–water partition coefficient (Wildman–Crippen LogP) is 5.23. The lowest BCUT2D eigenvalue weighted by Crippen LogP contribution is -2.29. The molecule has 1 aromatic rings. The number of hydrogen-bond acceptors (Lipinski definition) is 5. The van der Waals surface area contributed by atoms with Crippen molar-refractivity contribution in [1.82, 2.24) is 0 Å². The Bertz CT molecular complexity index is 868. The molecule has 0 aromatic heterocycles. The van der Waals surface area contributed by atoms with Crippen molar-refractivity contribution in [2.75, 3.05) is 6.61 Å². The molecule has 0 unspecified atom stereocenters. The van der Waals surface area contributed by atoms with Gasteiger partial charge in [-0.15, -0.1) is 0 Å². The summed E-state index contributed by atoms with van der Waals surface area (Å²) < 4.78 is 11.8. The lowest BCUT2D eigenvalue weighted by atomic mass is 9.73. The third-order valence-electron chi connectivity index (χ3n) is 9.62. The van der Waals surface area contributed by atoms with E-state index in [-0.39, 0.29) is 36.8 Å². The maximum atomic E-state index is 12.5. The van der Waals surface area contributed by atoms with E-state index >= 15 is 0 Å². The Balaban J connectivity index is 1.15. The van der Waals surface area contributed by atoms with Gasteiger partial charge in [0.2, 0.25) is 0 Å². The number of fused-ring (bicyclic) bond motifs is 4. The van der Waals surface area contributed by atoms with Gasteiger partial charge >= 0.3 is 5.97 Å². The highest BCUT2D eigenvalue weighted by molar-refractivity contribution is 5.71. The van der Waals surface area contributed by atoms with Crippen LogP contribution in [0.1, 0.15) is 88.7 Å². The molecule has 2 N–H and O–H groups in total. The molecule has 194 valence electrons. The van der Waals surface area contributed by atoms with E-state index in [9.17, 15) is 15.0 Å². The molecule has 5 rings (SSSR count). The fraction of sp³-hybridized carbons (Fsp3) is 0.767. The number of ether oxygens (including phenoxy) is 2. The van der Waals surface area contributed by atoms with Crippen molar-refractivity contribution in [2.24, 2.45) is 29.6 Å². The van der Waals surface area contributed by atoms with Gasteiger partial charge in [-0.2, -0.15) is 0 Å². The topological polar surface area (TPSA) is 76.0 Å². The lowest BCUT2D eigenvalue weighted by molar-refractivity contribution is -0.153. The first-order valence-corrected chi connectivity index (χ1v) is 14.3. The number of benzene rings is 1. The number of unbranched alkanes of at least 4 members (excludes halogenated alkanes) is 2. The first-order chi connectivity index (χ1) is 17.0. The Labute approximate surface area is 210 Å². The standard InChI is InChI=1S/C30H44O5/c1-2-3-4-7-23(31)11-12-24-25-15-20-6-5-8-28(26(20)16-22(25)17-27(24)32)34-18-30(33)35-29-14-19-9-10-21(29)13-19/h5-6,8,19,21-25,27,29,31-32H,2-4,7,9-18H2,1H3/t19-,21+,22+,23+,24-,25+,27-,29-/m1/s1. The first-order valence-electron chi connectivity index (χ1n) is 14.3. The van der Waals surface area contributed by atoms with Gasteiger partial charge in [-0.1, -0.05) is 38.3 Å². The monoisotopic (exact) mass is 484 g/mol. The van der Waals surface area contributed by atoms with Crippen LogP contribution in [0.25, 0.3) is 0 Å². The van der Waals surface area contributed by atoms with Crippen LogP contribution < -0.4 is 4.74 Å². The maximum absolute atomic E-state index is 12.5. The molecule has 3 saturated carbocycles. The van der Waals surface area contributed by atoms with Gasteiger partial charge in [0.25, 0.3) is 0 Å². The molecular weight excluding hydrogens is 440 g/mol. The van der Waals surface area contributed by atoms with Crippen molar-refractivity contribution in [3.05, 3.63) is 29.3 Å². The largest absolute Gasteiger partial charge is 0.482 e. The van der Waals surface area contributed by atoms with E-state index in [0.717, 1.165) is 63.0 Å². The minimum atomic E-state index is -0.289. The summed E-state index contributed by atoms with van der Waals surface area (Å²) in [7, 11) is 0. The van der Waals surface area contributed by atoms with Crippen molar-refractivity contribution in [1.29, 1.82) is 0 Å². The molecule has 0 amide bonds. The second-order valence-corrected chi connectivity index (χ2v) is 11.9. The van der Waals surface area contributed by atoms with Crippen molar-refractivity contribution in [2.45, 2.75) is 109 Å². The van der Waals surface area contributed by atoms with Gasteiger partial charge in [0.15, 0.2) is 6.61 Å². The molecule has 5 heteroatoms. The molecule has 0 radical (unpaired) electrons. The molecule has 8 atom stereocenters. The number of rotatable bonds is 11. The van der Waals surface area contributed by atoms with Crippen LogP contribution in [-0.2, 0) is 22.4 Å². The molecule has 0 saturated heterocycles. The zero-order valence-electron chi connectivity index (χ0n) is 21.4. The van der Waals surface area contributed by atoms with E-state index in [1.54, 1.807) is 0 Å². The summed E-state index contributed by atoms with van der Waals surface area (Å²) >= 11 is 0. The van der Waals surface area contributed by atoms with E-state index in [1.165, 1.54) is 43.2 Å². The molecule has 35 heavy (non-hydrogen) atoms. The Morgan fingerprint density at radius 2 is 1.97 bits per heavy atom. The number of carbonyl (C=O) groups excluding carboxylic acids is 1. The summed E-state index contributed by atoms with van der Waals surface area (Å²) in [5.74, 6) is 3.02. The second kappa shape index (κ2) is 11.2. The van der Waals surface area contributed by atoms with Crippen LogP contribution in [0, 0.1) is 29.6 Å². The smallest absolute Gasteiger partial charge is 0.344 e. The van der Waals surface area contributed by atoms with Crippen molar-refractivity contribution in [3.63, 3.8) is 0 Å². The molecule has 1 aromatic carbocycles. The maximum Gasteiger partial charge on any atom is 0.344 e. The Morgan fingerprint density at radius 3 is 2.74 bits per heavy atom. The minimum Gasteiger partial charge on any atom is -0.482 e. The Kier molecular flexibility index (Phi) is 8.03. The molecule has 3 fully saturated rings. The molecule has 0 spiro atoms. The fourth-order valence-corrected chi connectivity index (χ4v) is 7.77. The fourth-order valence-electron chi connectivity index (χ4n) is 7.77. The number of hydrogen-bond donors (Lipinski definition) is 2. The number of carbonyl (C=O) groups is 1. The lowest BCUT2D eigenvalue weighted by Gasteiger charge is -2.32. The number of aliphatic hydroxyl groups excluding tert-OH is 2. The van der Waals surface area contributed by atoms with Crippen LogP contribution in [0.5, 0.6) is 5.75 Å². The quantitative estimate of drug-likeness (QED) is 0.332. The van der Waals surface area contributed by atoms with Crippen molar-refractivity contribution in [3.8, 4) is 5.75 Å². The molecule has 4 aliphatic rings. The van der Waals surface area contributed by atoms with E-state index in [4.69, 9.17) is 9.47 Å². The van der Waals surface area contributed by atoms with Crippen LogP contribution in [-0.4, -0.2) is 41.1 Å². The third-order valence-corrected chi connectivity index (χ3v) is 9.62. The molecule has 0 aliphatic heterocycles. The average Bonchev–Trinajstić information content (AvgIpc) is 3.54. The molecule has 0 heterocycles. The zero-order valence-corrected chi connectivity index (χ0v) is 21.4. The zero-order chi connectivity index (χ0) is 24.4. The normalized spacial score (nSPS) is 33.9. The van der Waals surface area contributed by atoms with Crippen LogP contribution in [0.2, 0.25) is 0 Å². The van der Waals surface area contributed by atoms with E-state index in [0.29, 0.717) is 17.8 Å². The van der Waals surface area contributed by atoms with E-state index < -0.39 is 0 Å². The summed E-state index contributed by atoms with van der Waals surface area (Å²) in [6.45, 7) is 2.16. The highest BCUT2D eigenvalue weighted by Crippen LogP contribution is 2.49. The molecule has 4 aliphatic carbocycles. The summed E-state index contributed by atoms with van der Waals surface area (Å²) in [6.07, 6.45) is 12.9. The summed E-state index contributed by atoms with van der Waals surface area (Å²) in [5, 5.41) is 21.3. The predicted molar refractivity (Wildman–Crippen MR) is 135 cm³/mol. The van der Waals surface area contributed by atoms with Crippen LogP contribution in [0.4, 0.5) is 0 Å². The number of aliphatic hydroxyl groups is 2. The molecule has 5 nitrogen and oxygen atoms in total. The van der Waals surface area contributed by atoms with Gasteiger partial charge in [-0.25, -0.2) is 4.79 Å². The van der Waals surface area contributed by atoms with Crippen LogP contribution >= 0.6 is 0 Å². The van der Waals surface area contributed by atoms with Gasteiger partial charge in [0.1, 0.15) is 11.9 Å². The Hall–Kier alpha value is -1.59. The van der Waals surface area contributed by atoms with Crippen LogP contribution in [0.3, 0.4) is 0 Å². The van der Waals surface area contributed by atoms with E-state index in [1.807, 2.05) is 12.1 Å². The second-order valence-electron chi connectivity index (χ2n) is 11.9. The van der Waals surface area contributed by atoms with Gasteiger partial charge in [-0.3, -0.25) is 0 Å². The van der Waals surface area contributed by atoms with Gasteiger partial charge < -0.3 is 19.7 Å². The minimum absolute atomic E-state index is 0.0282. The van der Waals surface area contributed by atoms with Crippen molar-refractivity contribution < 1.29 is 24.5 Å². The molecular formula is C30H44O5. The van der Waals surface area contributed by atoms with Crippen molar-refractivity contribution >= 4 is 5.97 Å². The Morgan fingerprint density at radius 1 is 1.09 bits per heavy atom. The third kappa shape index (κ3) is 5.72.